The third kappa shape index (κ3) is 2.31. The Bertz CT molecular complexity index is 675. The van der Waals surface area contributed by atoms with Crippen LogP contribution in [0.5, 0.6) is 0 Å². The Hall–Kier alpha value is -1.81. The van der Waals surface area contributed by atoms with Gasteiger partial charge in [-0.3, -0.25) is 4.57 Å². The largest absolute Gasteiger partial charge is 0.387 e. The number of nitrogen functional groups attached to an aromatic ring is 1. The fourth-order valence-corrected chi connectivity index (χ4v) is 2.87. The van der Waals surface area contributed by atoms with E-state index in [-0.39, 0.29) is 12.1 Å². The van der Waals surface area contributed by atoms with E-state index < -0.39 is 12.3 Å². The Kier molecular flexibility index (Phi) is 3.96. The van der Waals surface area contributed by atoms with Gasteiger partial charge in [0.1, 0.15) is 23.5 Å². The molecular formula is C13H20N6O3. The summed E-state index contributed by atoms with van der Waals surface area (Å²) in [5.41, 5.74) is 6.91. The number of ether oxygens (including phenoxy) is 2. The van der Waals surface area contributed by atoms with Crippen LogP contribution < -0.4 is 11.1 Å². The number of nitrogens with two attached hydrogens (primary N) is 1. The normalized spacial score (nSPS) is 28.5. The SMILES string of the molecule is CNC1C(O)[C@H](n2cnc3c(N)nc(C)nc32)O[C@@H]1COC. The van der Waals surface area contributed by atoms with Crippen molar-refractivity contribution in [2.45, 2.75) is 31.4 Å². The van der Waals surface area contributed by atoms with Crippen LogP contribution in [0.2, 0.25) is 0 Å². The number of hydrogen-bond acceptors (Lipinski definition) is 8. The van der Waals surface area contributed by atoms with Crippen LogP contribution in [0, 0.1) is 6.92 Å². The van der Waals surface area contributed by atoms with Crippen LogP contribution in [0.15, 0.2) is 6.33 Å². The van der Waals surface area contributed by atoms with Crippen LogP contribution in [0.3, 0.4) is 0 Å². The predicted molar refractivity (Wildman–Crippen MR) is 79.1 cm³/mol. The molecule has 9 heteroatoms. The van der Waals surface area contributed by atoms with Gasteiger partial charge < -0.3 is 25.6 Å². The van der Waals surface area contributed by atoms with E-state index in [9.17, 15) is 5.11 Å². The molecule has 0 aromatic carbocycles. The first kappa shape index (κ1) is 15.1. The molecule has 0 saturated carbocycles. The molecule has 22 heavy (non-hydrogen) atoms. The predicted octanol–water partition coefficient (Wildman–Crippen LogP) is -0.790. The van der Waals surface area contributed by atoms with Gasteiger partial charge in [-0.2, -0.15) is 0 Å². The van der Waals surface area contributed by atoms with Crippen molar-refractivity contribution >= 4 is 17.0 Å². The molecule has 0 aliphatic carbocycles. The molecule has 2 unspecified atom stereocenters. The highest BCUT2D eigenvalue weighted by molar-refractivity contribution is 5.81. The first-order valence-electron chi connectivity index (χ1n) is 7.03. The third-order valence-electron chi connectivity index (χ3n) is 3.87. The number of aliphatic hydroxyl groups excluding tert-OH is 1. The van der Waals surface area contributed by atoms with Crippen molar-refractivity contribution in [3.05, 3.63) is 12.2 Å². The second-order valence-corrected chi connectivity index (χ2v) is 5.31. The number of nitrogens with one attached hydrogen (secondary N) is 1. The zero-order valence-electron chi connectivity index (χ0n) is 12.7. The lowest BCUT2D eigenvalue weighted by Crippen LogP contribution is -2.43. The van der Waals surface area contributed by atoms with E-state index in [4.69, 9.17) is 15.2 Å². The van der Waals surface area contributed by atoms with Gasteiger partial charge in [0.25, 0.3) is 0 Å². The number of aromatic nitrogens is 4. The van der Waals surface area contributed by atoms with Crippen LogP contribution >= 0.6 is 0 Å². The summed E-state index contributed by atoms with van der Waals surface area (Å²) in [5.74, 6) is 0.852. The highest BCUT2D eigenvalue weighted by atomic mass is 16.6. The standard InChI is InChI=1S/C13H20N6O3/c1-6-17-11(14)9-12(18-6)19(5-16-9)13-10(20)8(15-2)7(22-13)4-21-3/h5,7-8,10,13,15,20H,4H2,1-3H3,(H2,14,17,18)/t7-,8?,10?,13-/m1/s1. The van der Waals surface area contributed by atoms with Gasteiger partial charge in [-0.25, -0.2) is 15.0 Å². The Balaban J connectivity index is 2.01. The summed E-state index contributed by atoms with van der Waals surface area (Å²) in [4.78, 5) is 12.7. The first-order chi connectivity index (χ1) is 10.6. The van der Waals surface area contributed by atoms with E-state index >= 15 is 0 Å². The molecule has 4 atom stereocenters. The molecule has 4 N–H and O–H groups in total. The number of nitrogens with zero attached hydrogens (tertiary/aromatic N) is 4. The van der Waals surface area contributed by atoms with Gasteiger partial charge >= 0.3 is 0 Å². The van der Waals surface area contributed by atoms with Crippen LogP contribution in [0.4, 0.5) is 5.82 Å². The smallest absolute Gasteiger partial charge is 0.167 e. The molecule has 0 spiro atoms. The second kappa shape index (κ2) is 5.76. The van der Waals surface area contributed by atoms with E-state index in [1.807, 2.05) is 0 Å². The van der Waals surface area contributed by atoms with Crippen molar-refractivity contribution in [3.63, 3.8) is 0 Å². The van der Waals surface area contributed by atoms with Crippen molar-refractivity contribution < 1.29 is 14.6 Å². The highest BCUT2D eigenvalue weighted by Crippen LogP contribution is 2.32. The minimum Gasteiger partial charge on any atom is -0.387 e. The van der Waals surface area contributed by atoms with Crippen molar-refractivity contribution in [1.29, 1.82) is 0 Å². The molecule has 0 bridgehead atoms. The number of likely N-dealkylation sites (N-methyl/N-ethyl adjacent to an activating group) is 1. The molecule has 9 nitrogen and oxygen atoms in total. The maximum atomic E-state index is 10.5. The van der Waals surface area contributed by atoms with E-state index in [0.717, 1.165) is 0 Å². The molecule has 1 aliphatic rings. The molecule has 3 rings (SSSR count). The zero-order valence-corrected chi connectivity index (χ0v) is 12.7. The highest BCUT2D eigenvalue weighted by Gasteiger charge is 2.44. The van der Waals surface area contributed by atoms with Gasteiger partial charge in [0, 0.05) is 7.11 Å². The van der Waals surface area contributed by atoms with Gasteiger partial charge in [-0.05, 0) is 14.0 Å². The average molecular weight is 308 g/mol. The summed E-state index contributed by atoms with van der Waals surface area (Å²) in [7, 11) is 3.37. The van der Waals surface area contributed by atoms with Gasteiger partial charge in [-0.1, -0.05) is 0 Å². The maximum Gasteiger partial charge on any atom is 0.167 e. The minimum atomic E-state index is -0.765. The fraction of sp³-hybridized carbons (Fsp3) is 0.615. The van der Waals surface area contributed by atoms with Crippen molar-refractivity contribution in [3.8, 4) is 0 Å². The number of hydrogen-bond donors (Lipinski definition) is 3. The van der Waals surface area contributed by atoms with E-state index in [1.165, 1.54) is 0 Å². The Labute approximate surface area is 127 Å². The number of aryl methyl sites for hydroxylation is 1. The van der Waals surface area contributed by atoms with Crippen LogP contribution in [-0.4, -0.2) is 63.6 Å². The van der Waals surface area contributed by atoms with Gasteiger partial charge in [0.2, 0.25) is 0 Å². The quantitative estimate of drug-likeness (QED) is 0.672. The van der Waals surface area contributed by atoms with Crippen LogP contribution in [0.25, 0.3) is 11.2 Å². The molecule has 120 valence electrons. The zero-order chi connectivity index (χ0) is 15.9. The molecule has 3 heterocycles. The Morgan fingerprint density at radius 2 is 2.27 bits per heavy atom. The molecule has 1 fully saturated rings. The molecule has 1 saturated heterocycles. The number of fused-ring (bicyclic) bond motifs is 1. The minimum absolute atomic E-state index is 0.248. The first-order valence-corrected chi connectivity index (χ1v) is 7.03. The lowest BCUT2D eigenvalue weighted by Gasteiger charge is -2.18. The number of aliphatic hydroxyl groups is 1. The summed E-state index contributed by atoms with van der Waals surface area (Å²) in [6.45, 7) is 2.13. The van der Waals surface area contributed by atoms with Crippen LogP contribution in [0.1, 0.15) is 12.1 Å². The second-order valence-electron chi connectivity index (χ2n) is 5.31. The maximum absolute atomic E-state index is 10.5. The molecular weight excluding hydrogens is 288 g/mol. The number of anilines is 1. The Morgan fingerprint density at radius 1 is 1.50 bits per heavy atom. The summed E-state index contributed by atoms with van der Waals surface area (Å²) in [5, 5.41) is 13.6. The van der Waals surface area contributed by atoms with Crippen LogP contribution in [-0.2, 0) is 9.47 Å². The molecule has 2 aromatic rings. The number of methoxy groups -OCH3 is 1. The van der Waals surface area contributed by atoms with Crippen molar-refractivity contribution in [2.24, 2.45) is 0 Å². The topological polar surface area (TPSA) is 120 Å². The molecule has 1 aliphatic heterocycles. The summed E-state index contributed by atoms with van der Waals surface area (Å²) < 4.78 is 12.8. The number of rotatable bonds is 4. The van der Waals surface area contributed by atoms with Gasteiger partial charge in [0.15, 0.2) is 17.7 Å². The molecule has 0 amide bonds. The lowest BCUT2D eigenvalue weighted by atomic mass is 10.1. The average Bonchev–Trinajstić information content (AvgIpc) is 3.01. The summed E-state index contributed by atoms with van der Waals surface area (Å²) in [6, 6.07) is -0.248. The van der Waals surface area contributed by atoms with Gasteiger partial charge in [0.05, 0.1) is 19.0 Å². The fourth-order valence-electron chi connectivity index (χ4n) is 2.87. The molecule has 2 aromatic heterocycles. The van der Waals surface area contributed by atoms with E-state index in [2.05, 4.69) is 20.3 Å². The van der Waals surface area contributed by atoms with Gasteiger partial charge in [-0.15, -0.1) is 0 Å². The van der Waals surface area contributed by atoms with Crippen molar-refractivity contribution in [2.75, 3.05) is 26.5 Å². The number of imidazole rings is 1. The summed E-state index contributed by atoms with van der Waals surface area (Å²) >= 11 is 0. The summed E-state index contributed by atoms with van der Waals surface area (Å²) in [6.07, 6.45) is -0.0895. The van der Waals surface area contributed by atoms with Crippen molar-refractivity contribution in [1.82, 2.24) is 24.8 Å². The monoisotopic (exact) mass is 308 g/mol. The van der Waals surface area contributed by atoms with E-state index in [0.29, 0.717) is 29.4 Å². The lowest BCUT2D eigenvalue weighted by molar-refractivity contribution is -0.0546. The third-order valence-corrected chi connectivity index (χ3v) is 3.87. The Morgan fingerprint density at radius 3 is 2.95 bits per heavy atom. The van der Waals surface area contributed by atoms with E-state index in [1.54, 1.807) is 32.0 Å². The molecule has 0 radical (unpaired) electrons.